The molecule has 2 aromatic rings. The molecule has 0 saturated heterocycles. The van der Waals surface area contributed by atoms with Gasteiger partial charge in [-0.15, -0.1) is 0 Å². The highest BCUT2D eigenvalue weighted by atomic mass is 16.3. The van der Waals surface area contributed by atoms with Crippen molar-refractivity contribution in [2.75, 3.05) is 20.6 Å². The third-order valence-electron chi connectivity index (χ3n) is 2.95. The first kappa shape index (κ1) is 14.1. The first-order chi connectivity index (χ1) is 9.59. The van der Waals surface area contributed by atoms with Crippen LogP contribution in [0.1, 0.15) is 22.3 Å². The number of hydrogen-bond acceptors (Lipinski definition) is 5. The number of carbonyl (C=O) groups excluding carboxylic acids is 1. The summed E-state index contributed by atoms with van der Waals surface area (Å²) < 4.78 is 5.36. The van der Waals surface area contributed by atoms with Crippen LogP contribution in [-0.2, 0) is 0 Å². The summed E-state index contributed by atoms with van der Waals surface area (Å²) >= 11 is 0. The molecule has 2 heterocycles. The van der Waals surface area contributed by atoms with E-state index in [4.69, 9.17) is 4.42 Å². The number of pyridine rings is 1. The van der Waals surface area contributed by atoms with Crippen LogP contribution in [0.25, 0.3) is 0 Å². The van der Waals surface area contributed by atoms with Crippen molar-refractivity contribution in [3.05, 3.63) is 48.2 Å². The highest BCUT2D eigenvalue weighted by molar-refractivity contribution is 5.94. The van der Waals surface area contributed by atoms with Gasteiger partial charge >= 0.3 is 0 Å². The zero-order valence-corrected chi connectivity index (χ0v) is 11.4. The van der Waals surface area contributed by atoms with Crippen LogP contribution in [0.3, 0.4) is 0 Å². The summed E-state index contributed by atoms with van der Waals surface area (Å²) in [6.45, 7) is 0.357. The molecule has 6 nitrogen and oxygen atoms in total. The number of amides is 1. The maximum Gasteiger partial charge on any atom is 0.273 e. The highest BCUT2D eigenvalue weighted by Gasteiger charge is 2.19. The Hall–Kier alpha value is -2.34. The predicted octanol–water partition coefficient (Wildman–Crippen LogP) is 1.41. The lowest BCUT2D eigenvalue weighted by atomic mass is 10.2. The van der Waals surface area contributed by atoms with Gasteiger partial charge in [0.15, 0.2) is 5.69 Å². The van der Waals surface area contributed by atoms with Crippen LogP contribution in [0, 0.1) is 0 Å². The number of hydrogen-bond donors (Lipinski definition) is 2. The summed E-state index contributed by atoms with van der Waals surface area (Å²) in [5.41, 5.74) is 0.0180. The summed E-state index contributed by atoms with van der Waals surface area (Å²) in [7, 11) is 3.80. The van der Waals surface area contributed by atoms with Crippen molar-refractivity contribution in [3.8, 4) is 5.75 Å². The van der Waals surface area contributed by atoms with Gasteiger partial charge in [-0.1, -0.05) is 0 Å². The van der Waals surface area contributed by atoms with Gasteiger partial charge in [0, 0.05) is 12.7 Å². The van der Waals surface area contributed by atoms with Crippen molar-refractivity contribution in [3.63, 3.8) is 0 Å². The van der Waals surface area contributed by atoms with Gasteiger partial charge in [0.25, 0.3) is 5.91 Å². The van der Waals surface area contributed by atoms with Crippen LogP contribution in [0.2, 0.25) is 0 Å². The average molecular weight is 275 g/mol. The molecule has 6 heteroatoms. The van der Waals surface area contributed by atoms with Crippen molar-refractivity contribution in [1.29, 1.82) is 0 Å². The number of rotatable bonds is 5. The molecule has 0 aliphatic carbocycles. The summed E-state index contributed by atoms with van der Waals surface area (Å²) in [5, 5.41) is 12.3. The van der Waals surface area contributed by atoms with E-state index in [1.165, 1.54) is 12.3 Å². The topological polar surface area (TPSA) is 78.6 Å². The van der Waals surface area contributed by atoms with Crippen molar-refractivity contribution in [2.45, 2.75) is 6.04 Å². The number of carbonyl (C=O) groups is 1. The largest absolute Gasteiger partial charge is 0.505 e. The summed E-state index contributed by atoms with van der Waals surface area (Å²) in [5.74, 6) is 0.214. The van der Waals surface area contributed by atoms with E-state index in [1.54, 1.807) is 18.4 Å². The minimum Gasteiger partial charge on any atom is -0.505 e. The molecule has 2 N–H and O–H groups in total. The van der Waals surface area contributed by atoms with Gasteiger partial charge in [-0.25, -0.2) is 4.98 Å². The molecular weight excluding hydrogens is 258 g/mol. The van der Waals surface area contributed by atoms with Crippen LogP contribution in [0.15, 0.2) is 41.1 Å². The Balaban J connectivity index is 2.03. The van der Waals surface area contributed by atoms with Gasteiger partial charge in [0.2, 0.25) is 0 Å². The van der Waals surface area contributed by atoms with E-state index < -0.39 is 5.91 Å². The van der Waals surface area contributed by atoms with Crippen molar-refractivity contribution in [1.82, 2.24) is 15.2 Å². The second-order valence-corrected chi connectivity index (χ2v) is 4.58. The minimum atomic E-state index is -0.415. The third-order valence-corrected chi connectivity index (χ3v) is 2.95. The van der Waals surface area contributed by atoms with Crippen LogP contribution in [0.4, 0.5) is 0 Å². The van der Waals surface area contributed by atoms with Gasteiger partial charge < -0.3 is 14.8 Å². The molecule has 0 fully saturated rings. The number of nitrogens with one attached hydrogen (secondary N) is 1. The first-order valence-corrected chi connectivity index (χ1v) is 6.21. The maximum absolute atomic E-state index is 12.0. The van der Waals surface area contributed by atoms with Crippen molar-refractivity contribution >= 4 is 5.91 Å². The lowest BCUT2D eigenvalue weighted by molar-refractivity contribution is 0.0931. The van der Waals surface area contributed by atoms with E-state index in [2.05, 4.69) is 10.3 Å². The first-order valence-electron chi connectivity index (χ1n) is 6.21. The summed E-state index contributed by atoms with van der Waals surface area (Å²) in [6, 6.07) is 6.57. The second kappa shape index (κ2) is 6.21. The molecule has 2 rings (SSSR count). The fourth-order valence-electron chi connectivity index (χ4n) is 1.86. The van der Waals surface area contributed by atoms with E-state index in [0.29, 0.717) is 6.54 Å². The van der Waals surface area contributed by atoms with Crippen LogP contribution < -0.4 is 5.32 Å². The van der Waals surface area contributed by atoms with E-state index in [-0.39, 0.29) is 17.5 Å². The smallest absolute Gasteiger partial charge is 0.273 e. The Morgan fingerprint density at radius 1 is 1.45 bits per heavy atom. The predicted molar refractivity (Wildman–Crippen MR) is 73.4 cm³/mol. The Morgan fingerprint density at radius 3 is 2.85 bits per heavy atom. The Morgan fingerprint density at radius 2 is 2.25 bits per heavy atom. The van der Waals surface area contributed by atoms with E-state index in [0.717, 1.165) is 5.76 Å². The Bertz CT molecular complexity index is 567. The van der Waals surface area contributed by atoms with E-state index >= 15 is 0 Å². The Kier molecular flexibility index (Phi) is 4.37. The van der Waals surface area contributed by atoms with Crippen LogP contribution in [-0.4, -0.2) is 41.5 Å². The normalized spacial score (nSPS) is 12.3. The van der Waals surface area contributed by atoms with E-state index in [1.807, 2.05) is 25.1 Å². The minimum absolute atomic E-state index is 0.0180. The summed E-state index contributed by atoms with van der Waals surface area (Å²) in [4.78, 5) is 17.8. The molecule has 0 aliphatic rings. The SMILES string of the molecule is CN(C)[C@H](CNC(=O)c1ncccc1O)c1ccco1. The Labute approximate surface area is 117 Å². The molecule has 20 heavy (non-hydrogen) atoms. The number of likely N-dealkylation sites (N-methyl/N-ethyl adjacent to an activating group) is 1. The van der Waals surface area contributed by atoms with Crippen LogP contribution >= 0.6 is 0 Å². The molecule has 0 aromatic carbocycles. The number of aromatic nitrogens is 1. The van der Waals surface area contributed by atoms with Crippen molar-refractivity contribution in [2.24, 2.45) is 0 Å². The number of nitrogens with zero attached hydrogens (tertiary/aromatic N) is 2. The summed E-state index contributed by atoms with van der Waals surface area (Å²) in [6.07, 6.45) is 3.06. The molecule has 0 unspecified atom stereocenters. The number of furan rings is 1. The fraction of sp³-hybridized carbons (Fsp3) is 0.286. The van der Waals surface area contributed by atoms with Gasteiger partial charge in [-0.3, -0.25) is 9.69 Å². The van der Waals surface area contributed by atoms with Gasteiger partial charge in [-0.2, -0.15) is 0 Å². The molecule has 0 saturated carbocycles. The molecule has 0 bridgehead atoms. The van der Waals surface area contributed by atoms with E-state index in [9.17, 15) is 9.90 Å². The molecule has 1 atom stereocenters. The molecule has 2 aromatic heterocycles. The highest BCUT2D eigenvalue weighted by Crippen LogP contribution is 2.18. The second-order valence-electron chi connectivity index (χ2n) is 4.58. The molecule has 106 valence electrons. The maximum atomic E-state index is 12.0. The third kappa shape index (κ3) is 3.16. The number of aromatic hydroxyl groups is 1. The lowest BCUT2D eigenvalue weighted by Crippen LogP contribution is -2.34. The standard InChI is InChI=1S/C14H17N3O3/c1-17(2)10(12-6-4-8-20-12)9-16-14(19)13-11(18)5-3-7-15-13/h3-8,10,18H,9H2,1-2H3,(H,16,19)/t10-/m1/s1. The molecule has 0 radical (unpaired) electrons. The van der Waals surface area contributed by atoms with Gasteiger partial charge in [0.1, 0.15) is 11.5 Å². The zero-order valence-electron chi connectivity index (χ0n) is 11.4. The fourth-order valence-corrected chi connectivity index (χ4v) is 1.86. The van der Waals surface area contributed by atoms with Crippen LogP contribution in [0.5, 0.6) is 5.75 Å². The molecule has 0 aliphatic heterocycles. The monoisotopic (exact) mass is 275 g/mol. The van der Waals surface area contributed by atoms with Gasteiger partial charge in [0.05, 0.1) is 12.3 Å². The molecular formula is C14H17N3O3. The molecule has 1 amide bonds. The quantitative estimate of drug-likeness (QED) is 0.862. The average Bonchev–Trinajstić information content (AvgIpc) is 2.92. The zero-order chi connectivity index (χ0) is 14.5. The van der Waals surface area contributed by atoms with Gasteiger partial charge in [-0.05, 0) is 38.4 Å². The lowest BCUT2D eigenvalue weighted by Gasteiger charge is -2.22. The molecule has 0 spiro atoms. The van der Waals surface area contributed by atoms with Crippen molar-refractivity contribution < 1.29 is 14.3 Å².